The molecule has 4 rings (SSSR count). The first-order chi connectivity index (χ1) is 13.1. The second-order valence-electron chi connectivity index (χ2n) is 6.90. The maximum atomic E-state index is 13.0. The second kappa shape index (κ2) is 7.61. The van der Waals surface area contributed by atoms with Crippen molar-refractivity contribution < 1.29 is 4.79 Å². The molecule has 6 nitrogen and oxygen atoms in total. The molecule has 0 fully saturated rings. The fourth-order valence-electron chi connectivity index (χ4n) is 3.45. The van der Waals surface area contributed by atoms with Gasteiger partial charge >= 0.3 is 0 Å². The quantitative estimate of drug-likeness (QED) is 0.702. The highest BCUT2D eigenvalue weighted by Crippen LogP contribution is 2.34. The molecule has 142 valence electrons. The van der Waals surface area contributed by atoms with E-state index in [9.17, 15) is 4.79 Å². The van der Waals surface area contributed by atoms with Crippen LogP contribution in [0.2, 0.25) is 0 Å². The third kappa shape index (κ3) is 3.61. The first-order valence-corrected chi connectivity index (χ1v) is 11.0. The lowest BCUT2D eigenvalue weighted by Gasteiger charge is -2.24. The minimum Gasteiger partial charge on any atom is -0.302 e. The molecule has 0 saturated heterocycles. The maximum absolute atomic E-state index is 13.0. The van der Waals surface area contributed by atoms with Crippen LogP contribution in [0.3, 0.4) is 0 Å². The van der Waals surface area contributed by atoms with E-state index in [1.54, 1.807) is 0 Å². The van der Waals surface area contributed by atoms with Crippen molar-refractivity contribution in [3.63, 3.8) is 0 Å². The van der Waals surface area contributed by atoms with E-state index >= 15 is 0 Å². The van der Waals surface area contributed by atoms with Crippen molar-refractivity contribution in [3.05, 3.63) is 32.8 Å². The van der Waals surface area contributed by atoms with Crippen LogP contribution in [0.5, 0.6) is 0 Å². The molecule has 0 aliphatic carbocycles. The smallest absolute Gasteiger partial charge is 0.267 e. The van der Waals surface area contributed by atoms with Gasteiger partial charge in [0.05, 0.1) is 4.88 Å². The number of thiophene rings is 1. The van der Waals surface area contributed by atoms with E-state index in [0.29, 0.717) is 5.13 Å². The summed E-state index contributed by atoms with van der Waals surface area (Å²) < 4.78 is 0. The van der Waals surface area contributed by atoms with E-state index in [4.69, 9.17) is 4.98 Å². The number of nitrogens with one attached hydrogen (secondary N) is 1. The summed E-state index contributed by atoms with van der Waals surface area (Å²) >= 11 is 2.93. The van der Waals surface area contributed by atoms with Gasteiger partial charge in [-0.25, -0.2) is 4.98 Å². The van der Waals surface area contributed by atoms with Crippen molar-refractivity contribution in [2.75, 3.05) is 18.9 Å². The van der Waals surface area contributed by atoms with Gasteiger partial charge in [0, 0.05) is 30.6 Å². The molecule has 3 aromatic heterocycles. The van der Waals surface area contributed by atoms with E-state index in [-0.39, 0.29) is 5.91 Å². The summed E-state index contributed by atoms with van der Waals surface area (Å²) in [6, 6.07) is 2.26. The number of fused-ring (bicyclic) bond motifs is 2. The Balaban J connectivity index is 1.72. The van der Waals surface area contributed by atoms with Gasteiger partial charge in [-0.1, -0.05) is 31.6 Å². The Bertz CT molecular complexity index is 994. The number of amides is 1. The molecule has 0 atom stereocenters. The molecular formula is C19H23N5OS2. The molecule has 4 heterocycles. The topological polar surface area (TPSA) is 71.0 Å². The lowest BCUT2D eigenvalue weighted by atomic mass is 10.0. The molecule has 1 aliphatic heterocycles. The molecule has 0 spiro atoms. The molecule has 0 radical (unpaired) electrons. The first-order valence-electron chi connectivity index (χ1n) is 9.35. The number of hydrogen-bond donors (Lipinski definition) is 1. The standard InChI is InChI=1S/C19H23N5OS2/c1-4-6-12-13-9-11-10-24(3)8-7-14(11)20-18(13)27-16(12)17(25)21-19-23-22-15(5-2)26-19/h9H,4-8,10H2,1-3H3,(H,21,23,25). The average molecular weight is 402 g/mol. The van der Waals surface area contributed by atoms with E-state index in [2.05, 4.69) is 40.5 Å². The number of rotatable bonds is 5. The Morgan fingerprint density at radius 3 is 2.89 bits per heavy atom. The van der Waals surface area contributed by atoms with E-state index in [1.165, 1.54) is 33.9 Å². The second-order valence-corrected chi connectivity index (χ2v) is 8.96. The van der Waals surface area contributed by atoms with Gasteiger partial charge in [0.2, 0.25) is 5.13 Å². The van der Waals surface area contributed by atoms with Crippen molar-refractivity contribution in [2.24, 2.45) is 0 Å². The van der Waals surface area contributed by atoms with Gasteiger partial charge < -0.3 is 4.90 Å². The molecule has 27 heavy (non-hydrogen) atoms. The predicted octanol–water partition coefficient (Wildman–Crippen LogP) is 3.90. The van der Waals surface area contributed by atoms with Crippen LogP contribution in [0, 0.1) is 0 Å². The first kappa shape index (κ1) is 18.5. The summed E-state index contributed by atoms with van der Waals surface area (Å²) in [5.74, 6) is -0.102. The zero-order valence-corrected chi connectivity index (χ0v) is 17.5. The van der Waals surface area contributed by atoms with Crippen molar-refractivity contribution in [1.82, 2.24) is 20.1 Å². The van der Waals surface area contributed by atoms with Crippen LogP contribution in [0.25, 0.3) is 10.2 Å². The van der Waals surface area contributed by atoms with Crippen molar-refractivity contribution in [3.8, 4) is 0 Å². The van der Waals surface area contributed by atoms with Gasteiger partial charge in [-0.15, -0.1) is 21.5 Å². The SMILES string of the molecule is CCCc1c(C(=O)Nc2nnc(CC)s2)sc2nc3c(cc12)CN(C)CC3. The van der Waals surface area contributed by atoms with Crippen LogP contribution >= 0.6 is 22.7 Å². The highest BCUT2D eigenvalue weighted by molar-refractivity contribution is 7.21. The van der Waals surface area contributed by atoms with Gasteiger partial charge in [-0.2, -0.15) is 0 Å². The minimum absolute atomic E-state index is 0.102. The number of pyridine rings is 1. The number of nitrogens with zero attached hydrogens (tertiary/aromatic N) is 4. The summed E-state index contributed by atoms with van der Waals surface area (Å²) in [4.78, 5) is 21.9. The largest absolute Gasteiger partial charge is 0.302 e. The fraction of sp³-hybridized carbons (Fsp3) is 0.474. The van der Waals surface area contributed by atoms with Gasteiger partial charge in [-0.05, 0) is 37.1 Å². The molecule has 1 aliphatic rings. The normalized spacial score (nSPS) is 14.5. The Morgan fingerprint density at radius 2 is 2.15 bits per heavy atom. The number of aromatic nitrogens is 3. The van der Waals surface area contributed by atoms with E-state index in [0.717, 1.165) is 64.4 Å². The summed E-state index contributed by atoms with van der Waals surface area (Å²) in [6.45, 7) is 6.13. The summed E-state index contributed by atoms with van der Waals surface area (Å²) in [5.41, 5.74) is 3.57. The molecule has 8 heteroatoms. The Morgan fingerprint density at radius 1 is 1.30 bits per heavy atom. The summed E-state index contributed by atoms with van der Waals surface area (Å²) in [7, 11) is 2.14. The van der Waals surface area contributed by atoms with Gasteiger partial charge in [0.15, 0.2) is 0 Å². The Labute approximate surface area is 166 Å². The van der Waals surface area contributed by atoms with E-state index in [1.807, 2.05) is 6.92 Å². The fourth-order valence-corrected chi connectivity index (χ4v) is 5.25. The van der Waals surface area contributed by atoms with Crippen LogP contribution in [0.4, 0.5) is 5.13 Å². The third-order valence-electron chi connectivity index (χ3n) is 4.82. The number of likely N-dealkylation sites (N-methyl/N-ethyl adjacent to an activating group) is 1. The van der Waals surface area contributed by atoms with E-state index < -0.39 is 0 Å². The Kier molecular flexibility index (Phi) is 5.21. The summed E-state index contributed by atoms with van der Waals surface area (Å²) in [5, 5.41) is 13.7. The lowest BCUT2D eigenvalue weighted by molar-refractivity contribution is 0.102. The van der Waals surface area contributed by atoms with Crippen LogP contribution in [0.15, 0.2) is 6.07 Å². The number of hydrogen-bond acceptors (Lipinski definition) is 7. The molecule has 3 aromatic rings. The van der Waals surface area contributed by atoms with Crippen LogP contribution < -0.4 is 5.32 Å². The zero-order chi connectivity index (χ0) is 19.0. The highest BCUT2D eigenvalue weighted by Gasteiger charge is 2.23. The van der Waals surface area contributed by atoms with Crippen LogP contribution in [-0.4, -0.2) is 39.6 Å². The van der Waals surface area contributed by atoms with Gasteiger partial charge in [-0.3, -0.25) is 10.1 Å². The van der Waals surface area contributed by atoms with Gasteiger partial charge in [0.25, 0.3) is 5.91 Å². The number of aryl methyl sites for hydroxylation is 2. The van der Waals surface area contributed by atoms with Crippen molar-refractivity contribution in [1.29, 1.82) is 0 Å². The third-order valence-corrected chi connectivity index (χ3v) is 6.94. The van der Waals surface area contributed by atoms with Crippen LogP contribution in [0.1, 0.15) is 51.8 Å². The van der Waals surface area contributed by atoms with Gasteiger partial charge in [0.1, 0.15) is 9.84 Å². The molecule has 1 N–H and O–H groups in total. The monoisotopic (exact) mass is 401 g/mol. The lowest BCUT2D eigenvalue weighted by Crippen LogP contribution is -2.27. The predicted molar refractivity (Wildman–Crippen MR) is 111 cm³/mol. The molecule has 0 unspecified atom stereocenters. The minimum atomic E-state index is -0.102. The highest BCUT2D eigenvalue weighted by atomic mass is 32.1. The maximum Gasteiger partial charge on any atom is 0.267 e. The number of carbonyl (C=O) groups excluding carboxylic acids is 1. The molecule has 1 amide bonds. The molecule has 0 aromatic carbocycles. The molecular weight excluding hydrogens is 378 g/mol. The number of carbonyl (C=O) groups is 1. The summed E-state index contributed by atoms with van der Waals surface area (Å²) in [6.07, 6.45) is 3.65. The zero-order valence-electron chi connectivity index (χ0n) is 15.8. The molecule has 0 bridgehead atoms. The average Bonchev–Trinajstić information content (AvgIpc) is 3.25. The Hall–Kier alpha value is -1.90. The molecule has 0 saturated carbocycles. The van der Waals surface area contributed by atoms with Crippen molar-refractivity contribution >= 4 is 43.9 Å². The number of anilines is 1. The van der Waals surface area contributed by atoms with Crippen LogP contribution in [-0.2, 0) is 25.8 Å². The van der Waals surface area contributed by atoms with Crippen molar-refractivity contribution in [2.45, 2.75) is 46.1 Å².